The Morgan fingerprint density at radius 3 is 2.63 bits per heavy atom. The van der Waals surface area contributed by atoms with Crippen molar-refractivity contribution in [2.45, 2.75) is 32.7 Å². The molecular weight excluding hydrogens is 232 g/mol. The predicted molar refractivity (Wildman–Crippen MR) is 82.2 cm³/mol. The summed E-state index contributed by atoms with van der Waals surface area (Å²) in [5.74, 6) is 1.44. The quantitative estimate of drug-likeness (QED) is 0.873. The van der Waals surface area contributed by atoms with Crippen LogP contribution < -0.4 is 5.32 Å². The van der Waals surface area contributed by atoms with E-state index in [1.807, 2.05) is 0 Å². The first-order chi connectivity index (χ1) is 9.16. The van der Waals surface area contributed by atoms with Gasteiger partial charge in [0, 0.05) is 12.6 Å². The Bertz CT molecular complexity index is 361. The van der Waals surface area contributed by atoms with Crippen LogP contribution in [-0.4, -0.2) is 31.6 Å². The molecule has 2 heteroatoms. The van der Waals surface area contributed by atoms with Gasteiger partial charge in [0.05, 0.1) is 0 Å². The molecule has 1 aromatic rings. The summed E-state index contributed by atoms with van der Waals surface area (Å²) in [6.45, 7) is 8.26. The smallest absolute Gasteiger partial charge is 0.0343 e. The maximum absolute atomic E-state index is 3.80. The van der Waals surface area contributed by atoms with Gasteiger partial charge < -0.3 is 10.2 Å². The Labute approximate surface area is 118 Å². The third kappa shape index (κ3) is 4.32. The van der Waals surface area contributed by atoms with Gasteiger partial charge in [0.1, 0.15) is 0 Å². The van der Waals surface area contributed by atoms with Gasteiger partial charge in [-0.1, -0.05) is 44.2 Å². The molecule has 106 valence electrons. The minimum absolute atomic E-state index is 0.480. The molecular formula is C17H28N2. The maximum atomic E-state index is 3.80. The zero-order valence-corrected chi connectivity index (χ0v) is 12.6. The van der Waals surface area contributed by atoms with Crippen LogP contribution in [0.5, 0.6) is 0 Å². The normalized spacial score (nSPS) is 22.6. The van der Waals surface area contributed by atoms with Gasteiger partial charge in [-0.25, -0.2) is 0 Å². The SMILES string of the molecule is CC(C)C(NCC1CCCN(C)C1)c1ccccc1. The Balaban J connectivity index is 1.91. The fourth-order valence-electron chi connectivity index (χ4n) is 3.13. The number of hydrogen-bond acceptors (Lipinski definition) is 2. The first-order valence-corrected chi connectivity index (χ1v) is 7.63. The van der Waals surface area contributed by atoms with Crippen molar-refractivity contribution in [2.24, 2.45) is 11.8 Å². The molecule has 0 radical (unpaired) electrons. The minimum atomic E-state index is 0.480. The van der Waals surface area contributed by atoms with E-state index in [1.54, 1.807) is 0 Å². The number of benzene rings is 1. The molecule has 1 saturated heterocycles. The van der Waals surface area contributed by atoms with E-state index in [4.69, 9.17) is 0 Å². The molecule has 0 aromatic heterocycles. The lowest BCUT2D eigenvalue weighted by atomic mass is 9.93. The van der Waals surface area contributed by atoms with Crippen LogP contribution in [0, 0.1) is 11.8 Å². The van der Waals surface area contributed by atoms with Crippen LogP contribution in [0.2, 0.25) is 0 Å². The lowest BCUT2D eigenvalue weighted by molar-refractivity contribution is 0.199. The highest BCUT2D eigenvalue weighted by atomic mass is 15.1. The van der Waals surface area contributed by atoms with Gasteiger partial charge >= 0.3 is 0 Å². The van der Waals surface area contributed by atoms with Crippen molar-refractivity contribution in [3.63, 3.8) is 0 Å². The second-order valence-electron chi connectivity index (χ2n) is 6.31. The molecule has 2 atom stereocenters. The summed E-state index contributed by atoms with van der Waals surface area (Å²) in [5.41, 5.74) is 1.42. The highest BCUT2D eigenvalue weighted by Gasteiger charge is 2.20. The van der Waals surface area contributed by atoms with E-state index < -0.39 is 0 Å². The Morgan fingerprint density at radius 2 is 2.00 bits per heavy atom. The van der Waals surface area contributed by atoms with Crippen LogP contribution in [0.3, 0.4) is 0 Å². The molecule has 0 aliphatic carbocycles. The van der Waals surface area contributed by atoms with Crippen molar-refractivity contribution in [1.82, 2.24) is 10.2 Å². The Morgan fingerprint density at radius 1 is 1.26 bits per heavy atom. The average molecular weight is 260 g/mol. The molecule has 0 spiro atoms. The molecule has 1 aliphatic heterocycles. The Hall–Kier alpha value is -0.860. The van der Waals surface area contributed by atoms with E-state index in [1.165, 1.54) is 31.5 Å². The fraction of sp³-hybridized carbons (Fsp3) is 0.647. The van der Waals surface area contributed by atoms with Gasteiger partial charge in [-0.05, 0) is 50.4 Å². The molecule has 1 heterocycles. The highest BCUT2D eigenvalue weighted by Crippen LogP contribution is 2.22. The predicted octanol–water partition coefficient (Wildman–Crippen LogP) is 3.32. The third-order valence-corrected chi connectivity index (χ3v) is 4.17. The molecule has 2 unspecified atom stereocenters. The first kappa shape index (κ1) is 14.5. The monoisotopic (exact) mass is 260 g/mol. The summed E-state index contributed by atoms with van der Waals surface area (Å²) in [5, 5.41) is 3.80. The van der Waals surface area contributed by atoms with Crippen LogP contribution in [0.15, 0.2) is 30.3 Å². The van der Waals surface area contributed by atoms with Crippen LogP contribution >= 0.6 is 0 Å². The van der Waals surface area contributed by atoms with Crippen molar-refractivity contribution in [1.29, 1.82) is 0 Å². The van der Waals surface area contributed by atoms with Crippen molar-refractivity contribution in [3.8, 4) is 0 Å². The molecule has 1 fully saturated rings. The summed E-state index contributed by atoms with van der Waals surface area (Å²) in [4.78, 5) is 2.46. The zero-order chi connectivity index (χ0) is 13.7. The number of piperidine rings is 1. The van der Waals surface area contributed by atoms with Gasteiger partial charge in [-0.2, -0.15) is 0 Å². The molecule has 0 saturated carbocycles. The topological polar surface area (TPSA) is 15.3 Å². The maximum Gasteiger partial charge on any atom is 0.0343 e. The van der Waals surface area contributed by atoms with Crippen LogP contribution in [-0.2, 0) is 0 Å². The minimum Gasteiger partial charge on any atom is -0.309 e. The van der Waals surface area contributed by atoms with Gasteiger partial charge in [-0.3, -0.25) is 0 Å². The first-order valence-electron chi connectivity index (χ1n) is 7.63. The van der Waals surface area contributed by atoms with Gasteiger partial charge in [-0.15, -0.1) is 0 Å². The van der Waals surface area contributed by atoms with Crippen molar-refractivity contribution in [2.75, 3.05) is 26.7 Å². The van der Waals surface area contributed by atoms with E-state index in [0.717, 1.165) is 12.5 Å². The number of nitrogens with zero attached hydrogens (tertiary/aromatic N) is 1. The molecule has 2 rings (SSSR count). The van der Waals surface area contributed by atoms with Crippen LogP contribution in [0.1, 0.15) is 38.3 Å². The van der Waals surface area contributed by atoms with Gasteiger partial charge in [0.2, 0.25) is 0 Å². The molecule has 0 bridgehead atoms. The second kappa shape index (κ2) is 7.06. The van der Waals surface area contributed by atoms with Crippen molar-refractivity contribution in [3.05, 3.63) is 35.9 Å². The second-order valence-corrected chi connectivity index (χ2v) is 6.31. The molecule has 1 N–H and O–H groups in total. The van der Waals surface area contributed by atoms with Crippen LogP contribution in [0.25, 0.3) is 0 Å². The average Bonchev–Trinajstić information content (AvgIpc) is 2.40. The standard InChI is InChI=1S/C17H28N2/c1-14(2)17(16-9-5-4-6-10-16)18-12-15-8-7-11-19(3)13-15/h4-6,9-10,14-15,17-18H,7-8,11-13H2,1-3H3. The van der Waals surface area contributed by atoms with E-state index >= 15 is 0 Å². The summed E-state index contributed by atoms with van der Waals surface area (Å²) in [6.07, 6.45) is 2.72. The molecule has 0 amide bonds. The van der Waals surface area contributed by atoms with E-state index in [2.05, 4.69) is 61.4 Å². The highest BCUT2D eigenvalue weighted by molar-refractivity contribution is 5.19. The summed E-state index contributed by atoms with van der Waals surface area (Å²) in [7, 11) is 2.24. The van der Waals surface area contributed by atoms with Gasteiger partial charge in [0.25, 0.3) is 0 Å². The number of likely N-dealkylation sites (tertiary alicyclic amines) is 1. The summed E-state index contributed by atoms with van der Waals surface area (Å²) < 4.78 is 0. The third-order valence-electron chi connectivity index (χ3n) is 4.17. The van der Waals surface area contributed by atoms with Crippen molar-refractivity contribution < 1.29 is 0 Å². The fourth-order valence-corrected chi connectivity index (χ4v) is 3.13. The van der Waals surface area contributed by atoms with Crippen LogP contribution in [0.4, 0.5) is 0 Å². The number of hydrogen-bond donors (Lipinski definition) is 1. The lowest BCUT2D eigenvalue weighted by Crippen LogP contribution is -2.39. The molecule has 2 nitrogen and oxygen atoms in total. The zero-order valence-electron chi connectivity index (χ0n) is 12.6. The van der Waals surface area contributed by atoms with Crippen molar-refractivity contribution >= 4 is 0 Å². The van der Waals surface area contributed by atoms with E-state index in [-0.39, 0.29) is 0 Å². The Kier molecular flexibility index (Phi) is 5.41. The van der Waals surface area contributed by atoms with E-state index in [0.29, 0.717) is 12.0 Å². The summed E-state index contributed by atoms with van der Waals surface area (Å²) >= 11 is 0. The number of rotatable bonds is 5. The largest absolute Gasteiger partial charge is 0.309 e. The number of nitrogens with one attached hydrogen (secondary N) is 1. The summed E-state index contributed by atoms with van der Waals surface area (Å²) in [6, 6.07) is 11.3. The van der Waals surface area contributed by atoms with Gasteiger partial charge in [0.15, 0.2) is 0 Å². The lowest BCUT2D eigenvalue weighted by Gasteiger charge is -2.32. The molecule has 1 aromatic carbocycles. The molecule has 1 aliphatic rings. The molecule has 19 heavy (non-hydrogen) atoms. The van der Waals surface area contributed by atoms with E-state index in [9.17, 15) is 0 Å².